The quantitative estimate of drug-likeness (QED) is 0.730. The molecular weight excluding hydrogens is 251 g/mol. The highest BCUT2D eigenvalue weighted by Gasteiger charge is 2.10. The van der Waals surface area contributed by atoms with Gasteiger partial charge in [0.25, 0.3) is 0 Å². The van der Waals surface area contributed by atoms with Crippen molar-refractivity contribution in [2.75, 3.05) is 0 Å². The number of hydrogen-bond acceptors (Lipinski definition) is 1. The van der Waals surface area contributed by atoms with Crippen LogP contribution in [0, 0.1) is 5.82 Å². The summed E-state index contributed by atoms with van der Waals surface area (Å²) in [5.74, 6) is -0.160. The van der Waals surface area contributed by atoms with Crippen LogP contribution in [0.3, 0.4) is 0 Å². The average molecular weight is 268 g/mol. The van der Waals surface area contributed by atoms with Gasteiger partial charge in [0.1, 0.15) is 5.82 Å². The Morgan fingerprint density at radius 1 is 1.10 bits per heavy atom. The van der Waals surface area contributed by atoms with Gasteiger partial charge in [0.2, 0.25) is 0 Å². The fourth-order valence-electron chi connectivity index (χ4n) is 2.50. The van der Waals surface area contributed by atoms with E-state index < -0.39 is 0 Å². The van der Waals surface area contributed by atoms with E-state index in [1.807, 2.05) is 31.3 Å². The van der Waals surface area contributed by atoms with Crippen molar-refractivity contribution in [2.45, 2.75) is 19.5 Å². The smallest absolute Gasteiger partial charge is 0.127 e. The SMILES string of the molecule is C[C@@H](NCc1cccc2[nH]ccc12)c1ccccc1F. The highest BCUT2D eigenvalue weighted by molar-refractivity contribution is 5.82. The van der Waals surface area contributed by atoms with E-state index in [1.54, 1.807) is 6.07 Å². The standard InChI is InChI=1S/C17H17FN2/c1-12(14-6-2-3-7-16(14)18)20-11-13-5-4-8-17-15(13)9-10-19-17/h2-10,12,19-20H,11H2,1H3/t12-/m1/s1. The summed E-state index contributed by atoms with van der Waals surface area (Å²) in [4.78, 5) is 3.20. The molecule has 0 aliphatic rings. The summed E-state index contributed by atoms with van der Waals surface area (Å²) in [5.41, 5.74) is 3.04. The van der Waals surface area contributed by atoms with Crippen molar-refractivity contribution in [1.29, 1.82) is 0 Å². The second kappa shape index (κ2) is 5.47. The highest BCUT2D eigenvalue weighted by Crippen LogP contribution is 2.20. The zero-order chi connectivity index (χ0) is 13.9. The molecule has 0 aliphatic heterocycles. The number of rotatable bonds is 4. The molecular formula is C17H17FN2. The van der Waals surface area contributed by atoms with E-state index in [2.05, 4.69) is 28.5 Å². The molecule has 2 N–H and O–H groups in total. The van der Waals surface area contributed by atoms with Gasteiger partial charge in [0.15, 0.2) is 0 Å². The van der Waals surface area contributed by atoms with Crippen LogP contribution in [0.15, 0.2) is 54.7 Å². The van der Waals surface area contributed by atoms with Crippen LogP contribution in [0.4, 0.5) is 4.39 Å². The van der Waals surface area contributed by atoms with Crippen LogP contribution in [0.2, 0.25) is 0 Å². The number of aromatic amines is 1. The first-order valence-electron chi connectivity index (χ1n) is 6.78. The first-order chi connectivity index (χ1) is 9.75. The van der Waals surface area contributed by atoms with Gasteiger partial charge in [-0.05, 0) is 30.7 Å². The topological polar surface area (TPSA) is 27.8 Å². The lowest BCUT2D eigenvalue weighted by Crippen LogP contribution is -2.19. The molecule has 102 valence electrons. The normalized spacial score (nSPS) is 12.7. The van der Waals surface area contributed by atoms with E-state index in [0.29, 0.717) is 12.1 Å². The van der Waals surface area contributed by atoms with Crippen molar-refractivity contribution in [3.05, 3.63) is 71.7 Å². The largest absolute Gasteiger partial charge is 0.361 e. The second-order valence-electron chi connectivity index (χ2n) is 4.98. The summed E-state index contributed by atoms with van der Waals surface area (Å²) in [5, 5.41) is 4.59. The molecule has 2 aromatic carbocycles. The summed E-state index contributed by atoms with van der Waals surface area (Å²) in [7, 11) is 0. The Bertz CT molecular complexity index is 718. The predicted molar refractivity (Wildman–Crippen MR) is 80.0 cm³/mol. The molecule has 0 saturated heterocycles. The highest BCUT2D eigenvalue weighted by atomic mass is 19.1. The van der Waals surface area contributed by atoms with E-state index in [1.165, 1.54) is 17.0 Å². The Hall–Kier alpha value is -2.13. The minimum absolute atomic E-state index is 0.0228. The van der Waals surface area contributed by atoms with Crippen molar-refractivity contribution < 1.29 is 4.39 Å². The van der Waals surface area contributed by atoms with Gasteiger partial charge >= 0.3 is 0 Å². The van der Waals surface area contributed by atoms with Crippen LogP contribution in [-0.4, -0.2) is 4.98 Å². The number of aromatic nitrogens is 1. The van der Waals surface area contributed by atoms with Gasteiger partial charge in [-0.2, -0.15) is 0 Å². The molecule has 0 bridgehead atoms. The third kappa shape index (κ3) is 2.45. The van der Waals surface area contributed by atoms with Gasteiger partial charge in [-0.1, -0.05) is 30.3 Å². The van der Waals surface area contributed by atoms with E-state index in [4.69, 9.17) is 0 Å². The number of hydrogen-bond donors (Lipinski definition) is 2. The van der Waals surface area contributed by atoms with Crippen molar-refractivity contribution >= 4 is 10.9 Å². The Morgan fingerprint density at radius 2 is 1.95 bits per heavy atom. The van der Waals surface area contributed by atoms with Gasteiger partial charge < -0.3 is 10.3 Å². The molecule has 3 aromatic rings. The molecule has 3 rings (SSSR count). The van der Waals surface area contributed by atoms with Gasteiger partial charge in [-0.25, -0.2) is 4.39 Å². The molecule has 0 fully saturated rings. The summed E-state index contributed by atoms with van der Waals surface area (Å²) < 4.78 is 13.7. The molecule has 20 heavy (non-hydrogen) atoms. The van der Waals surface area contributed by atoms with Crippen molar-refractivity contribution in [3.63, 3.8) is 0 Å². The maximum Gasteiger partial charge on any atom is 0.127 e. The second-order valence-corrected chi connectivity index (χ2v) is 4.98. The lowest BCUT2D eigenvalue weighted by molar-refractivity contribution is 0.529. The van der Waals surface area contributed by atoms with Crippen molar-refractivity contribution in [3.8, 4) is 0 Å². The van der Waals surface area contributed by atoms with Gasteiger partial charge in [0, 0.05) is 35.2 Å². The molecule has 1 aromatic heterocycles. The molecule has 0 spiro atoms. The Morgan fingerprint density at radius 3 is 2.80 bits per heavy atom. The first kappa shape index (κ1) is 12.9. The molecule has 0 amide bonds. The lowest BCUT2D eigenvalue weighted by Gasteiger charge is -2.15. The molecule has 0 radical (unpaired) electrons. The van der Waals surface area contributed by atoms with Crippen LogP contribution in [0.1, 0.15) is 24.1 Å². The summed E-state index contributed by atoms with van der Waals surface area (Å²) >= 11 is 0. The molecule has 3 heteroatoms. The van der Waals surface area contributed by atoms with Crippen LogP contribution in [0.5, 0.6) is 0 Å². The fraction of sp³-hybridized carbons (Fsp3) is 0.176. The van der Waals surface area contributed by atoms with E-state index in [9.17, 15) is 4.39 Å². The van der Waals surface area contributed by atoms with Crippen LogP contribution < -0.4 is 5.32 Å². The molecule has 1 atom stereocenters. The summed E-state index contributed by atoms with van der Waals surface area (Å²) in [6.45, 7) is 2.69. The molecule has 0 saturated carbocycles. The monoisotopic (exact) mass is 268 g/mol. The number of nitrogens with one attached hydrogen (secondary N) is 2. The Labute approximate surface area is 117 Å². The number of H-pyrrole nitrogens is 1. The van der Waals surface area contributed by atoms with Gasteiger partial charge in [-0.15, -0.1) is 0 Å². The van der Waals surface area contributed by atoms with Crippen LogP contribution >= 0.6 is 0 Å². The zero-order valence-corrected chi connectivity index (χ0v) is 11.4. The van der Waals surface area contributed by atoms with Crippen molar-refractivity contribution in [2.24, 2.45) is 0 Å². The molecule has 2 nitrogen and oxygen atoms in total. The van der Waals surface area contributed by atoms with Gasteiger partial charge in [0.05, 0.1) is 0 Å². The van der Waals surface area contributed by atoms with E-state index in [-0.39, 0.29) is 11.9 Å². The molecule has 0 aliphatic carbocycles. The number of benzene rings is 2. The van der Waals surface area contributed by atoms with Crippen molar-refractivity contribution in [1.82, 2.24) is 10.3 Å². The Balaban J connectivity index is 1.76. The maximum atomic E-state index is 13.7. The van der Waals surface area contributed by atoms with E-state index >= 15 is 0 Å². The third-order valence-electron chi connectivity index (χ3n) is 3.66. The Kier molecular flexibility index (Phi) is 3.52. The fourth-order valence-corrected chi connectivity index (χ4v) is 2.50. The minimum atomic E-state index is -0.160. The summed E-state index contributed by atoms with van der Waals surface area (Å²) in [6, 6.07) is 15.1. The average Bonchev–Trinajstić information content (AvgIpc) is 2.94. The molecule has 0 unspecified atom stereocenters. The number of halogens is 1. The van der Waals surface area contributed by atoms with Crippen LogP contribution in [0.25, 0.3) is 10.9 Å². The first-order valence-corrected chi connectivity index (χ1v) is 6.78. The third-order valence-corrected chi connectivity index (χ3v) is 3.66. The van der Waals surface area contributed by atoms with Crippen LogP contribution in [-0.2, 0) is 6.54 Å². The predicted octanol–water partition coefficient (Wildman–Crippen LogP) is 4.16. The minimum Gasteiger partial charge on any atom is -0.361 e. The lowest BCUT2D eigenvalue weighted by atomic mass is 10.1. The zero-order valence-electron chi connectivity index (χ0n) is 11.4. The number of fused-ring (bicyclic) bond motifs is 1. The molecule has 1 heterocycles. The van der Waals surface area contributed by atoms with E-state index in [0.717, 1.165) is 5.52 Å². The van der Waals surface area contributed by atoms with Gasteiger partial charge in [-0.3, -0.25) is 0 Å². The maximum absolute atomic E-state index is 13.7. The summed E-state index contributed by atoms with van der Waals surface area (Å²) in [6.07, 6.45) is 1.94.